The number of carbonyl (C=O) groups is 1. The van der Waals surface area contributed by atoms with E-state index in [1.807, 2.05) is 65.8 Å². The van der Waals surface area contributed by atoms with Crippen LogP contribution >= 0.6 is 0 Å². The van der Waals surface area contributed by atoms with Gasteiger partial charge >= 0.3 is 5.97 Å². The number of para-hydroxylation sites is 1. The summed E-state index contributed by atoms with van der Waals surface area (Å²) >= 11 is 0. The number of aromatic nitrogens is 1. The summed E-state index contributed by atoms with van der Waals surface area (Å²) in [5, 5.41) is 1.03. The molecule has 0 saturated heterocycles. The van der Waals surface area contributed by atoms with E-state index in [4.69, 9.17) is 4.74 Å². The number of hydrogen-bond donors (Lipinski definition) is 0. The fourth-order valence-corrected chi connectivity index (χ4v) is 1.74. The molecule has 3 nitrogen and oxygen atoms in total. The van der Waals surface area contributed by atoms with Crippen molar-refractivity contribution in [2.45, 2.75) is 47.1 Å². The van der Waals surface area contributed by atoms with Gasteiger partial charge < -0.3 is 4.74 Å². The summed E-state index contributed by atoms with van der Waals surface area (Å²) in [6.45, 7) is 11.5. The maximum Gasteiger partial charge on any atom is 0.357 e. The van der Waals surface area contributed by atoms with Gasteiger partial charge in [-0.15, -0.1) is 0 Å². The van der Waals surface area contributed by atoms with Gasteiger partial charge in [-0.2, -0.15) is 0 Å². The normalized spacial score (nSPS) is 10.7. The summed E-state index contributed by atoms with van der Waals surface area (Å²) in [6.07, 6.45) is 0. The number of ether oxygens (including phenoxy) is 1. The lowest BCUT2D eigenvalue weighted by molar-refractivity contribution is 0.00633. The summed E-state index contributed by atoms with van der Waals surface area (Å²) in [6, 6.07) is 9.54. The van der Waals surface area contributed by atoms with Crippen molar-refractivity contribution in [1.29, 1.82) is 0 Å². The molecule has 0 amide bonds. The van der Waals surface area contributed by atoms with E-state index in [1.165, 1.54) is 0 Å². The second-order valence-corrected chi connectivity index (χ2v) is 5.35. The van der Waals surface area contributed by atoms with E-state index in [-0.39, 0.29) is 5.97 Å². The highest BCUT2D eigenvalue weighted by Gasteiger charge is 2.19. The first-order valence-electron chi connectivity index (χ1n) is 6.96. The van der Waals surface area contributed by atoms with Crippen LogP contribution in [0.3, 0.4) is 0 Å². The highest BCUT2D eigenvalue weighted by Crippen LogP contribution is 2.18. The van der Waals surface area contributed by atoms with E-state index in [1.54, 1.807) is 6.07 Å². The third-order valence-corrected chi connectivity index (χ3v) is 2.53. The average Bonchev–Trinajstić information content (AvgIpc) is 2.39. The number of fused-ring (bicyclic) bond motifs is 1. The fraction of sp³-hybridized carbons (Fsp3) is 0.412. The zero-order valence-electron chi connectivity index (χ0n) is 13.2. The van der Waals surface area contributed by atoms with E-state index in [9.17, 15) is 4.79 Å². The molecule has 108 valence electrons. The van der Waals surface area contributed by atoms with Crippen molar-refractivity contribution in [3.05, 3.63) is 41.6 Å². The molecule has 1 aromatic heterocycles. The maximum atomic E-state index is 11.9. The molecule has 0 atom stereocenters. The summed E-state index contributed by atoms with van der Waals surface area (Å²) in [7, 11) is 0. The van der Waals surface area contributed by atoms with Crippen LogP contribution in [0.2, 0.25) is 0 Å². The quantitative estimate of drug-likeness (QED) is 0.717. The van der Waals surface area contributed by atoms with Gasteiger partial charge in [0.15, 0.2) is 0 Å². The number of carbonyl (C=O) groups excluding carboxylic acids is 1. The van der Waals surface area contributed by atoms with Crippen LogP contribution in [0.1, 0.15) is 50.7 Å². The van der Waals surface area contributed by atoms with Crippen molar-refractivity contribution in [1.82, 2.24) is 4.98 Å². The minimum atomic E-state index is -0.501. The molecule has 3 heteroatoms. The van der Waals surface area contributed by atoms with E-state index in [0.717, 1.165) is 16.5 Å². The lowest BCUT2D eigenvalue weighted by Crippen LogP contribution is -2.24. The highest BCUT2D eigenvalue weighted by atomic mass is 16.6. The largest absolute Gasteiger partial charge is 0.455 e. The van der Waals surface area contributed by atoms with Gasteiger partial charge in [0.2, 0.25) is 0 Å². The Morgan fingerprint density at radius 1 is 1.10 bits per heavy atom. The van der Waals surface area contributed by atoms with E-state index < -0.39 is 5.60 Å². The van der Waals surface area contributed by atoms with Gasteiger partial charge in [0, 0.05) is 5.39 Å². The lowest BCUT2D eigenvalue weighted by Gasteiger charge is -2.19. The van der Waals surface area contributed by atoms with Crippen molar-refractivity contribution in [2.24, 2.45) is 0 Å². The van der Waals surface area contributed by atoms with E-state index in [0.29, 0.717) is 5.69 Å². The third kappa shape index (κ3) is 4.05. The Morgan fingerprint density at radius 3 is 2.35 bits per heavy atom. The van der Waals surface area contributed by atoms with E-state index in [2.05, 4.69) is 4.98 Å². The summed E-state index contributed by atoms with van der Waals surface area (Å²) in [5.41, 5.74) is 1.75. The van der Waals surface area contributed by atoms with Crippen LogP contribution in [0.5, 0.6) is 0 Å². The van der Waals surface area contributed by atoms with Crippen LogP contribution in [0.25, 0.3) is 10.9 Å². The molecule has 0 aliphatic carbocycles. The Labute approximate surface area is 121 Å². The number of nitrogens with zero attached hydrogens (tertiary/aromatic N) is 1. The SMILES string of the molecule is CC.Cc1cccc2ccc(C(=O)OC(C)(C)C)nc12. The minimum Gasteiger partial charge on any atom is -0.455 e. The molecule has 0 radical (unpaired) electrons. The average molecular weight is 273 g/mol. The van der Waals surface area contributed by atoms with Crippen molar-refractivity contribution in [3.8, 4) is 0 Å². The van der Waals surface area contributed by atoms with Gasteiger partial charge in [0.1, 0.15) is 11.3 Å². The molecule has 0 fully saturated rings. The first-order valence-corrected chi connectivity index (χ1v) is 6.96. The first-order chi connectivity index (χ1) is 9.37. The summed E-state index contributed by atoms with van der Waals surface area (Å²) in [5.74, 6) is -0.382. The lowest BCUT2D eigenvalue weighted by atomic mass is 10.1. The molecular formula is C17H23NO2. The van der Waals surface area contributed by atoms with Gasteiger partial charge in [0.25, 0.3) is 0 Å². The topological polar surface area (TPSA) is 39.2 Å². The fourth-order valence-electron chi connectivity index (χ4n) is 1.74. The number of hydrogen-bond acceptors (Lipinski definition) is 3. The minimum absolute atomic E-state index is 0.353. The maximum absolute atomic E-state index is 11.9. The molecule has 2 rings (SSSR count). The predicted molar refractivity (Wildman–Crippen MR) is 83.0 cm³/mol. The molecule has 0 aliphatic rings. The van der Waals surface area contributed by atoms with Crippen molar-refractivity contribution in [2.75, 3.05) is 0 Å². The van der Waals surface area contributed by atoms with Gasteiger partial charge in [0.05, 0.1) is 5.52 Å². The Hall–Kier alpha value is -1.90. The van der Waals surface area contributed by atoms with Crippen LogP contribution in [-0.4, -0.2) is 16.6 Å². The smallest absolute Gasteiger partial charge is 0.357 e. The number of pyridine rings is 1. The Kier molecular flexibility index (Phi) is 5.26. The Bertz CT molecular complexity index is 597. The van der Waals surface area contributed by atoms with Gasteiger partial charge in [-0.05, 0) is 39.3 Å². The molecular weight excluding hydrogens is 250 g/mol. The molecule has 0 saturated carbocycles. The van der Waals surface area contributed by atoms with Crippen LogP contribution in [-0.2, 0) is 4.74 Å². The molecule has 0 aliphatic heterocycles. The zero-order valence-corrected chi connectivity index (χ0v) is 13.2. The number of rotatable bonds is 1. The van der Waals surface area contributed by atoms with Gasteiger partial charge in [-0.1, -0.05) is 38.1 Å². The molecule has 20 heavy (non-hydrogen) atoms. The second-order valence-electron chi connectivity index (χ2n) is 5.35. The Balaban J connectivity index is 0.000000956. The number of benzene rings is 1. The molecule has 0 spiro atoms. The van der Waals surface area contributed by atoms with Crippen molar-refractivity contribution < 1.29 is 9.53 Å². The Morgan fingerprint density at radius 2 is 1.75 bits per heavy atom. The van der Waals surface area contributed by atoms with Gasteiger partial charge in [-0.25, -0.2) is 9.78 Å². The third-order valence-electron chi connectivity index (χ3n) is 2.53. The van der Waals surface area contributed by atoms with Crippen LogP contribution in [0.15, 0.2) is 30.3 Å². The van der Waals surface area contributed by atoms with Crippen molar-refractivity contribution >= 4 is 16.9 Å². The summed E-state index contributed by atoms with van der Waals surface area (Å²) in [4.78, 5) is 16.3. The van der Waals surface area contributed by atoms with E-state index >= 15 is 0 Å². The van der Waals surface area contributed by atoms with Crippen LogP contribution in [0.4, 0.5) is 0 Å². The zero-order chi connectivity index (χ0) is 15.3. The molecule has 0 bridgehead atoms. The monoisotopic (exact) mass is 273 g/mol. The predicted octanol–water partition coefficient (Wildman–Crippen LogP) is 4.52. The van der Waals surface area contributed by atoms with Crippen LogP contribution in [0, 0.1) is 6.92 Å². The molecule has 0 unspecified atom stereocenters. The number of aryl methyl sites for hydroxylation is 1. The second kappa shape index (κ2) is 6.51. The molecule has 1 aromatic carbocycles. The molecule has 1 heterocycles. The van der Waals surface area contributed by atoms with Crippen molar-refractivity contribution in [3.63, 3.8) is 0 Å². The van der Waals surface area contributed by atoms with Crippen LogP contribution < -0.4 is 0 Å². The standard InChI is InChI=1S/C15H17NO2.C2H6/c1-10-6-5-7-11-8-9-12(16-13(10)11)14(17)18-15(2,3)4;1-2/h5-9H,1-4H3;1-2H3. The number of esters is 1. The highest BCUT2D eigenvalue weighted by molar-refractivity contribution is 5.92. The molecule has 2 aromatic rings. The molecule has 0 N–H and O–H groups in total. The van der Waals surface area contributed by atoms with Gasteiger partial charge in [-0.3, -0.25) is 0 Å². The summed E-state index contributed by atoms with van der Waals surface area (Å²) < 4.78 is 5.31. The first kappa shape index (κ1) is 16.2.